The van der Waals surface area contributed by atoms with Crippen molar-refractivity contribution in [3.63, 3.8) is 0 Å². The van der Waals surface area contributed by atoms with E-state index in [2.05, 4.69) is 6.92 Å². The molecule has 0 aromatic heterocycles. The van der Waals surface area contributed by atoms with Crippen LogP contribution < -0.4 is 5.73 Å². The first-order chi connectivity index (χ1) is 6.56. The number of halogens is 1. The minimum absolute atomic E-state index is 0.0404. The highest BCUT2D eigenvalue weighted by molar-refractivity contribution is 4.83. The standard InChI is InChI=1S/C12H26FN/c1-4-5-6-7-8-9-12(13,10-14)11(2)3/h11H,4-10,14H2,1-3H3. The predicted molar refractivity (Wildman–Crippen MR) is 61.1 cm³/mol. The quantitative estimate of drug-likeness (QED) is 0.598. The molecule has 1 nitrogen and oxygen atoms in total. The molecule has 2 heteroatoms. The highest BCUT2D eigenvalue weighted by Crippen LogP contribution is 2.27. The Bertz CT molecular complexity index is 136. The summed E-state index contributed by atoms with van der Waals surface area (Å²) in [5.74, 6) is 0.0404. The molecule has 0 heterocycles. The molecule has 0 aromatic rings. The van der Waals surface area contributed by atoms with Gasteiger partial charge < -0.3 is 5.73 Å². The predicted octanol–water partition coefficient (Wildman–Crippen LogP) is 3.67. The van der Waals surface area contributed by atoms with Gasteiger partial charge in [0.1, 0.15) is 5.67 Å². The summed E-state index contributed by atoms with van der Waals surface area (Å²) >= 11 is 0. The van der Waals surface area contributed by atoms with E-state index in [0.717, 1.165) is 12.8 Å². The van der Waals surface area contributed by atoms with Crippen molar-refractivity contribution < 1.29 is 4.39 Å². The van der Waals surface area contributed by atoms with Gasteiger partial charge in [-0.1, -0.05) is 52.9 Å². The number of hydrogen-bond donors (Lipinski definition) is 1. The minimum Gasteiger partial charge on any atom is -0.328 e. The maximum absolute atomic E-state index is 14.0. The zero-order chi connectivity index (χ0) is 11.0. The van der Waals surface area contributed by atoms with Crippen LogP contribution >= 0.6 is 0 Å². The molecule has 1 unspecified atom stereocenters. The zero-order valence-electron chi connectivity index (χ0n) is 9.98. The van der Waals surface area contributed by atoms with Crippen LogP contribution in [0.2, 0.25) is 0 Å². The number of unbranched alkanes of at least 4 members (excludes halogenated alkanes) is 4. The van der Waals surface area contributed by atoms with E-state index in [9.17, 15) is 4.39 Å². The monoisotopic (exact) mass is 203 g/mol. The van der Waals surface area contributed by atoms with Gasteiger partial charge in [0.2, 0.25) is 0 Å². The Morgan fingerprint density at radius 1 is 1.14 bits per heavy atom. The van der Waals surface area contributed by atoms with Crippen LogP contribution in [0.25, 0.3) is 0 Å². The molecule has 0 aromatic carbocycles. The highest BCUT2D eigenvalue weighted by Gasteiger charge is 2.30. The molecule has 0 aliphatic rings. The molecule has 2 N–H and O–H groups in total. The van der Waals surface area contributed by atoms with Gasteiger partial charge in [0.15, 0.2) is 0 Å². The molecule has 0 aliphatic carbocycles. The molecule has 0 spiro atoms. The second-order valence-electron chi connectivity index (χ2n) is 4.56. The van der Waals surface area contributed by atoms with Crippen molar-refractivity contribution in [2.45, 2.75) is 65.0 Å². The Kier molecular flexibility index (Phi) is 7.16. The molecular formula is C12H26FN. The highest BCUT2D eigenvalue weighted by atomic mass is 19.1. The van der Waals surface area contributed by atoms with E-state index in [1.807, 2.05) is 13.8 Å². The summed E-state index contributed by atoms with van der Waals surface area (Å²) in [5, 5.41) is 0. The Hall–Kier alpha value is -0.110. The number of rotatable bonds is 8. The van der Waals surface area contributed by atoms with Crippen molar-refractivity contribution >= 4 is 0 Å². The number of nitrogens with two attached hydrogens (primary N) is 1. The number of alkyl halides is 1. The summed E-state index contributed by atoms with van der Waals surface area (Å²) in [6, 6.07) is 0. The van der Waals surface area contributed by atoms with E-state index in [4.69, 9.17) is 5.73 Å². The van der Waals surface area contributed by atoms with E-state index in [1.54, 1.807) is 0 Å². The van der Waals surface area contributed by atoms with Crippen LogP contribution in [-0.4, -0.2) is 12.2 Å². The Balaban J connectivity index is 3.63. The summed E-state index contributed by atoms with van der Waals surface area (Å²) in [4.78, 5) is 0. The lowest BCUT2D eigenvalue weighted by Gasteiger charge is -2.27. The fraction of sp³-hybridized carbons (Fsp3) is 1.00. The first kappa shape index (κ1) is 13.9. The van der Waals surface area contributed by atoms with Gasteiger partial charge in [0.25, 0.3) is 0 Å². The third kappa shape index (κ3) is 4.94. The van der Waals surface area contributed by atoms with Crippen molar-refractivity contribution in [2.75, 3.05) is 6.54 Å². The Morgan fingerprint density at radius 2 is 1.71 bits per heavy atom. The molecule has 14 heavy (non-hydrogen) atoms. The van der Waals surface area contributed by atoms with Crippen LogP contribution in [-0.2, 0) is 0 Å². The molecule has 0 saturated carbocycles. The summed E-state index contributed by atoms with van der Waals surface area (Å²) in [6.07, 6.45) is 6.49. The first-order valence-electron chi connectivity index (χ1n) is 5.95. The van der Waals surface area contributed by atoms with Gasteiger partial charge in [-0.3, -0.25) is 0 Å². The smallest absolute Gasteiger partial charge is 0.125 e. The Labute approximate surface area is 88.3 Å². The second kappa shape index (κ2) is 7.22. The molecule has 0 fully saturated rings. The summed E-state index contributed by atoms with van der Waals surface area (Å²) in [7, 11) is 0. The Morgan fingerprint density at radius 3 is 2.14 bits per heavy atom. The van der Waals surface area contributed by atoms with Gasteiger partial charge in [-0.2, -0.15) is 0 Å². The third-order valence-corrected chi connectivity index (χ3v) is 3.07. The summed E-state index contributed by atoms with van der Waals surface area (Å²) < 4.78 is 14.0. The van der Waals surface area contributed by atoms with Gasteiger partial charge in [0.05, 0.1) is 0 Å². The van der Waals surface area contributed by atoms with Crippen molar-refractivity contribution in [3.05, 3.63) is 0 Å². The van der Waals surface area contributed by atoms with Crippen molar-refractivity contribution in [3.8, 4) is 0 Å². The van der Waals surface area contributed by atoms with Crippen LogP contribution in [0.3, 0.4) is 0 Å². The lowest BCUT2D eigenvalue weighted by Crippen LogP contribution is -2.38. The molecule has 86 valence electrons. The zero-order valence-corrected chi connectivity index (χ0v) is 9.98. The van der Waals surface area contributed by atoms with Crippen LogP contribution in [0.15, 0.2) is 0 Å². The second-order valence-corrected chi connectivity index (χ2v) is 4.56. The van der Waals surface area contributed by atoms with Crippen LogP contribution in [0.5, 0.6) is 0 Å². The third-order valence-electron chi connectivity index (χ3n) is 3.07. The maximum atomic E-state index is 14.0. The lowest BCUT2D eigenvalue weighted by atomic mass is 9.87. The van der Waals surface area contributed by atoms with E-state index in [1.165, 1.54) is 19.3 Å². The van der Waals surface area contributed by atoms with Crippen molar-refractivity contribution in [1.29, 1.82) is 0 Å². The molecule has 1 atom stereocenters. The maximum Gasteiger partial charge on any atom is 0.125 e. The molecule has 0 rings (SSSR count). The summed E-state index contributed by atoms with van der Waals surface area (Å²) in [6.45, 7) is 6.18. The van der Waals surface area contributed by atoms with E-state index >= 15 is 0 Å². The summed E-state index contributed by atoms with van der Waals surface area (Å²) in [5.41, 5.74) is 4.34. The molecule has 0 saturated heterocycles. The fourth-order valence-electron chi connectivity index (χ4n) is 1.65. The SMILES string of the molecule is CCCCCCCC(F)(CN)C(C)C. The van der Waals surface area contributed by atoms with E-state index < -0.39 is 5.67 Å². The first-order valence-corrected chi connectivity index (χ1v) is 5.95. The average molecular weight is 203 g/mol. The molecule has 0 aliphatic heterocycles. The largest absolute Gasteiger partial charge is 0.328 e. The molecule has 0 amide bonds. The van der Waals surface area contributed by atoms with Gasteiger partial charge in [0, 0.05) is 6.54 Å². The minimum atomic E-state index is -1.13. The van der Waals surface area contributed by atoms with Crippen LogP contribution in [0.4, 0.5) is 4.39 Å². The topological polar surface area (TPSA) is 26.0 Å². The van der Waals surface area contributed by atoms with E-state index in [-0.39, 0.29) is 12.5 Å². The van der Waals surface area contributed by atoms with E-state index in [0.29, 0.717) is 6.42 Å². The van der Waals surface area contributed by atoms with Crippen LogP contribution in [0, 0.1) is 5.92 Å². The van der Waals surface area contributed by atoms with Gasteiger partial charge in [-0.25, -0.2) is 4.39 Å². The van der Waals surface area contributed by atoms with Gasteiger partial charge in [-0.05, 0) is 12.3 Å². The fourth-order valence-corrected chi connectivity index (χ4v) is 1.65. The molecule has 0 radical (unpaired) electrons. The average Bonchev–Trinajstić information content (AvgIpc) is 2.17. The van der Waals surface area contributed by atoms with Crippen molar-refractivity contribution in [2.24, 2.45) is 11.7 Å². The van der Waals surface area contributed by atoms with Gasteiger partial charge in [-0.15, -0.1) is 0 Å². The molecule has 0 bridgehead atoms. The number of hydrogen-bond acceptors (Lipinski definition) is 1. The van der Waals surface area contributed by atoms with Crippen molar-refractivity contribution in [1.82, 2.24) is 0 Å². The van der Waals surface area contributed by atoms with Crippen LogP contribution in [0.1, 0.15) is 59.3 Å². The normalized spacial score (nSPS) is 15.9. The van der Waals surface area contributed by atoms with Gasteiger partial charge >= 0.3 is 0 Å². The lowest BCUT2D eigenvalue weighted by molar-refractivity contribution is 0.0952. The molecular weight excluding hydrogens is 177 g/mol.